The summed E-state index contributed by atoms with van der Waals surface area (Å²) >= 11 is 0. The lowest BCUT2D eigenvalue weighted by molar-refractivity contribution is 0.112. The van der Waals surface area contributed by atoms with Gasteiger partial charge in [0.2, 0.25) is 0 Å². The van der Waals surface area contributed by atoms with Crippen molar-refractivity contribution in [3.05, 3.63) is 59.8 Å². The fraction of sp³-hybridized carbons (Fsp3) is 0.0667. The molecule has 0 unspecified atom stereocenters. The first-order valence-electron chi connectivity index (χ1n) is 5.79. The fourth-order valence-electron chi connectivity index (χ4n) is 2.13. The smallest absolute Gasteiger partial charge is 0.150 e. The Kier molecular flexibility index (Phi) is 2.45. The lowest BCUT2D eigenvalue weighted by atomic mass is 10.1. The number of aromatic nitrogens is 2. The van der Waals surface area contributed by atoms with Gasteiger partial charge in [0.25, 0.3) is 0 Å². The van der Waals surface area contributed by atoms with Crippen molar-refractivity contribution in [3.8, 4) is 5.69 Å². The number of aryl methyl sites for hydroxylation is 1. The van der Waals surface area contributed by atoms with Gasteiger partial charge in [0.05, 0.1) is 16.9 Å². The van der Waals surface area contributed by atoms with E-state index >= 15 is 0 Å². The second-order valence-electron chi connectivity index (χ2n) is 4.23. The van der Waals surface area contributed by atoms with Crippen molar-refractivity contribution in [2.45, 2.75) is 6.92 Å². The first kappa shape index (κ1) is 10.7. The van der Waals surface area contributed by atoms with Gasteiger partial charge in [-0.2, -0.15) is 5.10 Å². The third-order valence-electron chi connectivity index (χ3n) is 3.03. The molecule has 3 heteroatoms. The summed E-state index contributed by atoms with van der Waals surface area (Å²) in [4.78, 5) is 10.8. The van der Waals surface area contributed by atoms with Gasteiger partial charge in [0.15, 0.2) is 0 Å². The molecule has 0 N–H and O–H groups in total. The molecule has 0 aliphatic rings. The van der Waals surface area contributed by atoms with Crippen LogP contribution in [0, 0.1) is 6.92 Å². The highest BCUT2D eigenvalue weighted by Gasteiger charge is 2.08. The largest absolute Gasteiger partial charge is 0.298 e. The number of hydrogen-bond donors (Lipinski definition) is 0. The van der Waals surface area contributed by atoms with E-state index in [0.717, 1.165) is 28.6 Å². The zero-order chi connectivity index (χ0) is 12.5. The molecule has 0 saturated heterocycles. The molecule has 1 aromatic heterocycles. The van der Waals surface area contributed by atoms with Crippen molar-refractivity contribution in [1.29, 1.82) is 0 Å². The number of hydrogen-bond acceptors (Lipinski definition) is 2. The van der Waals surface area contributed by atoms with Gasteiger partial charge in [-0.3, -0.25) is 4.79 Å². The standard InChI is InChI=1S/C15H12N2O/c1-11-14-9-12(10-18)7-8-15(14)17(16-11)13-5-3-2-4-6-13/h2-10H,1H3. The molecular formula is C15H12N2O. The number of para-hydroxylation sites is 1. The summed E-state index contributed by atoms with van der Waals surface area (Å²) in [5.41, 5.74) is 3.65. The van der Waals surface area contributed by atoms with Crippen molar-refractivity contribution in [2.24, 2.45) is 0 Å². The maximum absolute atomic E-state index is 10.8. The summed E-state index contributed by atoms with van der Waals surface area (Å²) in [5.74, 6) is 0. The molecule has 88 valence electrons. The Hall–Kier alpha value is -2.42. The molecule has 0 saturated carbocycles. The summed E-state index contributed by atoms with van der Waals surface area (Å²) in [6.07, 6.45) is 0.860. The molecule has 1 heterocycles. The Morgan fingerprint density at radius 3 is 2.61 bits per heavy atom. The van der Waals surface area contributed by atoms with E-state index in [1.165, 1.54) is 0 Å². The molecule has 3 rings (SSSR count). The van der Waals surface area contributed by atoms with Gasteiger partial charge in [0.1, 0.15) is 6.29 Å². The fourth-order valence-corrected chi connectivity index (χ4v) is 2.13. The van der Waals surface area contributed by atoms with E-state index in [1.807, 2.05) is 60.1 Å². The minimum absolute atomic E-state index is 0.679. The van der Waals surface area contributed by atoms with Gasteiger partial charge in [0, 0.05) is 10.9 Å². The number of carbonyl (C=O) groups excluding carboxylic acids is 1. The summed E-state index contributed by atoms with van der Waals surface area (Å²) in [5, 5.41) is 5.55. The minimum Gasteiger partial charge on any atom is -0.298 e. The summed E-state index contributed by atoms with van der Waals surface area (Å²) < 4.78 is 1.90. The molecule has 0 aliphatic heterocycles. The second-order valence-corrected chi connectivity index (χ2v) is 4.23. The molecule has 3 nitrogen and oxygen atoms in total. The number of benzene rings is 2. The first-order chi connectivity index (χ1) is 8.79. The van der Waals surface area contributed by atoms with E-state index in [-0.39, 0.29) is 0 Å². The van der Waals surface area contributed by atoms with Crippen LogP contribution in [0.25, 0.3) is 16.6 Å². The van der Waals surface area contributed by atoms with E-state index in [2.05, 4.69) is 5.10 Å². The van der Waals surface area contributed by atoms with E-state index < -0.39 is 0 Å². The van der Waals surface area contributed by atoms with Crippen molar-refractivity contribution >= 4 is 17.2 Å². The quantitative estimate of drug-likeness (QED) is 0.641. The molecule has 2 aromatic carbocycles. The van der Waals surface area contributed by atoms with Crippen LogP contribution in [0.2, 0.25) is 0 Å². The predicted molar refractivity (Wildman–Crippen MR) is 71.2 cm³/mol. The van der Waals surface area contributed by atoms with Crippen LogP contribution in [0.4, 0.5) is 0 Å². The zero-order valence-corrected chi connectivity index (χ0v) is 10.00. The van der Waals surface area contributed by atoms with E-state index in [4.69, 9.17) is 0 Å². The minimum atomic E-state index is 0.679. The predicted octanol–water partition coefficient (Wildman–Crippen LogP) is 3.15. The first-order valence-corrected chi connectivity index (χ1v) is 5.79. The molecule has 3 aromatic rings. The van der Waals surface area contributed by atoms with Gasteiger partial charge >= 0.3 is 0 Å². The Balaban J connectivity index is 2.29. The molecule has 0 radical (unpaired) electrons. The Bertz CT molecular complexity index is 714. The van der Waals surface area contributed by atoms with Gasteiger partial charge in [-0.1, -0.05) is 18.2 Å². The molecule has 0 fully saturated rings. The van der Waals surface area contributed by atoms with Gasteiger partial charge in [-0.05, 0) is 37.3 Å². The van der Waals surface area contributed by atoms with Crippen LogP contribution < -0.4 is 0 Å². The van der Waals surface area contributed by atoms with Crippen molar-refractivity contribution in [1.82, 2.24) is 9.78 Å². The Morgan fingerprint density at radius 1 is 1.11 bits per heavy atom. The maximum atomic E-state index is 10.8. The van der Waals surface area contributed by atoms with Crippen LogP contribution >= 0.6 is 0 Å². The maximum Gasteiger partial charge on any atom is 0.150 e. The van der Waals surface area contributed by atoms with Crippen LogP contribution in [-0.4, -0.2) is 16.1 Å². The van der Waals surface area contributed by atoms with Crippen molar-refractivity contribution < 1.29 is 4.79 Å². The number of fused-ring (bicyclic) bond motifs is 1. The number of aldehydes is 1. The second kappa shape index (κ2) is 4.11. The van der Waals surface area contributed by atoms with Crippen LogP contribution in [0.5, 0.6) is 0 Å². The van der Waals surface area contributed by atoms with Gasteiger partial charge in [-0.15, -0.1) is 0 Å². The SMILES string of the molecule is Cc1nn(-c2ccccc2)c2ccc(C=O)cc12. The molecule has 18 heavy (non-hydrogen) atoms. The van der Waals surface area contributed by atoms with E-state index in [1.54, 1.807) is 0 Å². The normalized spacial score (nSPS) is 10.7. The lowest BCUT2D eigenvalue weighted by Gasteiger charge is -2.02. The average molecular weight is 236 g/mol. The lowest BCUT2D eigenvalue weighted by Crippen LogP contribution is -1.95. The molecule has 0 amide bonds. The Morgan fingerprint density at radius 2 is 1.89 bits per heavy atom. The van der Waals surface area contributed by atoms with E-state index in [0.29, 0.717) is 5.56 Å². The molecule has 0 atom stereocenters. The summed E-state index contributed by atoms with van der Waals surface area (Å²) in [7, 11) is 0. The van der Waals surface area contributed by atoms with Gasteiger partial charge in [-0.25, -0.2) is 4.68 Å². The van der Waals surface area contributed by atoms with Crippen LogP contribution in [0.1, 0.15) is 16.1 Å². The number of rotatable bonds is 2. The highest BCUT2D eigenvalue weighted by molar-refractivity contribution is 5.89. The van der Waals surface area contributed by atoms with Crippen molar-refractivity contribution in [3.63, 3.8) is 0 Å². The van der Waals surface area contributed by atoms with Crippen LogP contribution in [-0.2, 0) is 0 Å². The van der Waals surface area contributed by atoms with Crippen LogP contribution in [0.3, 0.4) is 0 Å². The number of carbonyl (C=O) groups is 1. The highest BCUT2D eigenvalue weighted by Crippen LogP contribution is 2.22. The molecule has 0 aliphatic carbocycles. The average Bonchev–Trinajstić information content (AvgIpc) is 2.77. The van der Waals surface area contributed by atoms with Gasteiger partial charge < -0.3 is 0 Å². The molecule has 0 bridgehead atoms. The monoisotopic (exact) mass is 236 g/mol. The highest BCUT2D eigenvalue weighted by atomic mass is 16.1. The zero-order valence-electron chi connectivity index (χ0n) is 10.00. The third kappa shape index (κ3) is 1.61. The number of nitrogens with zero attached hydrogens (tertiary/aromatic N) is 2. The van der Waals surface area contributed by atoms with E-state index in [9.17, 15) is 4.79 Å². The summed E-state index contributed by atoms with van der Waals surface area (Å²) in [6.45, 7) is 1.95. The summed E-state index contributed by atoms with van der Waals surface area (Å²) in [6, 6.07) is 15.6. The molecule has 0 spiro atoms. The van der Waals surface area contributed by atoms with Crippen LogP contribution in [0.15, 0.2) is 48.5 Å². The van der Waals surface area contributed by atoms with Crippen molar-refractivity contribution in [2.75, 3.05) is 0 Å². The molecular weight excluding hydrogens is 224 g/mol. The topological polar surface area (TPSA) is 34.9 Å². The third-order valence-corrected chi connectivity index (χ3v) is 3.03. The Labute approximate surface area is 105 Å².